The Labute approximate surface area is 270 Å². The standard InChI is InChI=1S/C33H51N5O8/c1-33(2,3)46-32(45)37-25(16-22-13-9-6-10-14-22)31(44)38(4)26(17-23-18-34-20-35-23)30(43)36-24(15-21-11-7-5-8-12-21)28(41)29(42)27(40)19-39/h6,9-10,13-14,18,20-21,24-29,39-42H,5,7-8,11-12,15-17,19H2,1-4H3,(H,34,35)(H,36,43)(H,37,45)/t24-,25-,26-,27+,28+,29+/m0/s1. The van der Waals surface area contributed by atoms with Crippen LogP contribution in [0.4, 0.5) is 4.79 Å². The van der Waals surface area contributed by atoms with Gasteiger partial charge in [0, 0.05) is 26.1 Å². The molecule has 13 nitrogen and oxygen atoms in total. The molecular formula is C33H51N5O8. The molecule has 0 unspecified atom stereocenters. The molecule has 13 heteroatoms. The molecule has 0 aliphatic heterocycles. The summed E-state index contributed by atoms with van der Waals surface area (Å²) in [6.07, 6.45) is 2.76. The number of H-pyrrole nitrogens is 1. The zero-order chi connectivity index (χ0) is 33.9. The molecule has 1 aromatic heterocycles. The summed E-state index contributed by atoms with van der Waals surface area (Å²) in [5, 5.41) is 46.6. The molecule has 2 aromatic rings. The molecule has 1 aromatic carbocycles. The summed E-state index contributed by atoms with van der Waals surface area (Å²) in [7, 11) is 1.46. The van der Waals surface area contributed by atoms with E-state index in [1.54, 1.807) is 27.0 Å². The van der Waals surface area contributed by atoms with Crippen LogP contribution < -0.4 is 10.6 Å². The van der Waals surface area contributed by atoms with Gasteiger partial charge in [-0.3, -0.25) is 9.59 Å². The SMILES string of the molecule is CN(C(=O)[C@H](Cc1ccccc1)NC(=O)OC(C)(C)C)[C@@H](Cc1c[nH]cn1)C(=O)N[C@@H](CC1CCCCC1)[C@@H](O)[C@H](O)[C@H](O)CO. The fraction of sp³-hybridized carbons (Fsp3) is 0.636. The number of carbonyl (C=O) groups is 3. The van der Waals surface area contributed by atoms with Crippen molar-refractivity contribution in [1.82, 2.24) is 25.5 Å². The third-order valence-electron chi connectivity index (χ3n) is 8.33. The maximum atomic E-state index is 14.1. The van der Waals surface area contributed by atoms with E-state index in [9.17, 15) is 34.8 Å². The number of benzene rings is 1. The highest BCUT2D eigenvalue weighted by Gasteiger charge is 2.38. The number of aromatic amines is 1. The lowest BCUT2D eigenvalue weighted by atomic mass is 9.82. The Morgan fingerprint density at radius 1 is 1.02 bits per heavy atom. The molecular weight excluding hydrogens is 594 g/mol. The number of alkyl carbamates (subject to hydrolysis) is 1. The Morgan fingerprint density at radius 2 is 1.70 bits per heavy atom. The molecule has 1 fully saturated rings. The third kappa shape index (κ3) is 11.4. The number of aromatic nitrogens is 2. The zero-order valence-corrected chi connectivity index (χ0v) is 27.3. The second-order valence-electron chi connectivity index (χ2n) is 13.2. The van der Waals surface area contributed by atoms with Crippen LogP contribution in [0.3, 0.4) is 0 Å². The molecule has 6 atom stereocenters. The Hall–Kier alpha value is -3.52. The lowest BCUT2D eigenvalue weighted by molar-refractivity contribution is -0.142. The molecule has 256 valence electrons. The molecule has 7 N–H and O–H groups in total. The summed E-state index contributed by atoms with van der Waals surface area (Å²) < 4.78 is 5.43. The molecule has 0 radical (unpaired) electrons. The maximum Gasteiger partial charge on any atom is 0.408 e. The second kappa shape index (κ2) is 17.4. The van der Waals surface area contributed by atoms with Gasteiger partial charge in [0.15, 0.2) is 0 Å². The predicted molar refractivity (Wildman–Crippen MR) is 170 cm³/mol. The summed E-state index contributed by atoms with van der Waals surface area (Å²) in [4.78, 5) is 49.3. The van der Waals surface area contributed by atoms with Crippen molar-refractivity contribution in [2.75, 3.05) is 13.7 Å². The number of aliphatic hydroxyl groups is 4. The fourth-order valence-corrected chi connectivity index (χ4v) is 5.82. The summed E-state index contributed by atoms with van der Waals surface area (Å²) in [6, 6.07) is 5.95. The average Bonchev–Trinajstić information content (AvgIpc) is 3.54. The van der Waals surface area contributed by atoms with Gasteiger partial charge in [-0.25, -0.2) is 9.78 Å². The van der Waals surface area contributed by atoms with Gasteiger partial charge < -0.3 is 45.7 Å². The number of ether oxygens (including phenoxy) is 1. The molecule has 1 saturated carbocycles. The van der Waals surface area contributed by atoms with E-state index in [0.29, 0.717) is 12.1 Å². The Balaban J connectivity index is 1.90. The van der Waals surface area contributed by atoms with Crippen molar-refractivity contribution in [3.8, 4) is 0 Å². The highest BCUT2D eigenvalue weighted by Crippen LogP contribution is 2.29. The molecule has 1 heterocycles. The van der Waals surface area contributed by atoms with E-state index < -0.39 is 66.6 Å². The van der Waals surface area contributed by atoms with Gasteiger partial charge in [0.1, 0.15) is 36.0 Å². The summed E-state index contributed by atoms with van der Waals surface area (Å²) in [6.45, 7) is 4.37. The molecule has 1 aliphatic rings. The van der Waals surface area contributed by atoms with Crippen molar-refractivity contribution in [2.24, 2.45) is 5.92 Å². The van der Waals surface area contributed by atoms with Crippen molar-refractivity contribution in [1.29, 1.82) is 0 Å². The lowest BCUT2D eigenvalue weighted by Crippen LogP contribution is -2.59. The summed E-state index contributed by atoms with van der Waals surface area (Å²) in [5.74, 6) is -0.991. The van der Waals surface area contributed by atoms with E-state index in [1.807, 2.05) is 30.3 Å². The lowest BCUT2D eigenvalue weighted by Gasteiger charge is -2.36. The minimum absolute atomic E-state index is 0.0100. The van der Waals surface area contributed by atoms with E-state index in [0.717, 1.165) is 37.7 Å². The number of carbonyl (C=O) groups excluding carboxylic acids is 3. The van der Waals surface area contributed by atoms with Crippen LogP contribution in [0.15, 0.2) is 42.9 Å². The quantitative estimate of drug-likeness (QED) is 0.150. The van der Waals surface area contributed by atoms with Crippen LogP contribution in [-0.2, 0) is 27.2 Å². The Kier molecular flexibility index (Phi) is 14.0. The second-order valence-corrected chi connectivity index (χ2v) is 13.2. The van der Waals surface area contributed by atoms with Crippen molar-refractivity contribution in [3.63, 3.8) is 0 Å². The molecule has 0 spiro atoms. The highest BCUT2D eigenvalue weighted by atomic mass is 16.6. The summed E-state index contributed by atoms with van der Waals surface area (Å²) >= 11 is 0. The molecule has 0 bridgehead atoms. The third-order valence-corrected chi connectivity index (χ3v) is 8.33. The number of nitrogens with zero attached hydrogens (tertiary/aromatic N) is 2. The number of hydrogen-bond donors (Lipinski definition) is 7. The smallest absolute Gasteiger partial charge is 0.408 e. The Bertz CT molecular complexity index is 1220. The number of imidazole rings is 1. The van der Waals surface area contributed by atoms with Crippen LogP contribution in [0.5, 0.6) is 0 Å². The minimum atomic E-state index is -1.71. The van der Waals surface area contributed by atoms with Gasteiger partial charge in [0.2, 0.25) is 11.8 Å². The number of aliphatic hydroxyl groups excluding tert-OH is 4. The van der Waals surface area contributed by atoms with Crippen LogP contribution in [0.25, 0.3) is 0 Å². The number of amides is 3. The van der Waals surface area contributed by atoms with Crippen LogP contribution >= 0.6 is 0 Å². The average molecular weight is 646 g/mol. The first kappa shape index (κ1) is 36.9. The van der Waals surface area contributed by atoms with Gasteiger partial charge in [-0.15, -0.1) is 0 Å². The predicted octanol–water partition coefficient (Wildman–Crippen LogP) is 1.45. The fourth-order valence-electron chi connectivity index (χ4n) is 5.82. The highest BCUT2D eigenvalue weighted by molar-refractivity contribution is 5.91. The van der Waals surface area contributed by atoms with Crippen molar-refractivity contribution >= 4 is 17.9 Å². The molecule has 3 amide bonds. The first-order valence-electron chi connectivity index (χ1n) is 16.0. The monoisotopic (exact) mass is 645 g/mol. The molecule has 46 heavy (non-hydrogen) atoms. The zero-order valence-electron chi connectivity index (χ0n) is 27.3. The van der Waals surface area contributed by atoms with E-state index in [4.69, 9.17) is 4.74 Å². The van der Waals surface area contributed by atoms with Crippen molar-refractivity contribution in [3.05, 3.63) is 54.1 Å². The van der Waals surface area contributed by atoms with Gasteiger partial charge in [0.05, 0.1) is 24.7 Å². The topological polar surface area (TPSA) is 197 Å². The van der Waals surface area contributed by atoms with E-state index >= 15 is 0 Å². The number of hydrogen-bond acceptors (Lipinski definition) is 9. The van der Waals surface area contributed by atoms with Gasteiger partial charge in [0.25, 0.3) is 0 Å². The number of nitrogens with one attached hydrogen (secondary N) is 3. The van der Waals surface area contributed by atoms with Crippen molar-refractivity contribution < 1.29 is 39.5 Å². The van der Waals surface area contributed by atoms with Gasteiger partial charge in [-0.1, -0.05) is 62.4 Å². The normalized spacial score (nSPS) is 18.0. The number of rotatable bonds is 15. The largest absolute Gasteiger partial charge is 0.444 e. The van der Waals surface area contributed by atoms with E-state index in [-0.39, 0.29) is 18.8 Å². The van der Waals surface area contributed by atoms with Crippen LogP contribution in [-0.4, -0.2) is 109 Å². The minimum Gasteiger partial charge on any atom is -0.444 e. The summed E-state index contributed by atoms with van der Waals surface area (Å²) in [5.41, 5.74) is 0.478. The van der Waals surface area contributed by atoms with Gasteiger partial charge in [-0.05, 0) is 38.7 Å². The Morgan fingerprint density at radius 3 is 2.28 bits per heavy atom. The maximum absolute atomic E-state index is 14.1. The van der Waals surface area contributed by atoms with Crippen LogP contribution in [0.2, 0.25) is 0 Å². The van der Waals surface area contributed by atoms with Crippen LogP contribution in [0.1, 0.15) is 70.6 Å². The molecule has 0 saturated heterocycles. The van der Waals surface area contributed by atoms with Gasteiger partial charge in [-0.2, -0.15) is 0 Å². The number of likely N-dealkylation sites (N-methyl/N-ethyl adjacent to an activating group) is 1. The molecule has 1 aliphatic carbocycles. The van der Waals surface area contributed by atoms with E-state index in [2.05, 4.69) is 20.6 Å². The van der Waals surface area contributed by atoms with Gasteiger partial charge >= 0.3 is 6.09 Å². The first-order valence-corrected chi connectivity index (χ1v) is 16.0. The molecule has 3 rings (SSSR count). The van der Waals surface area contributed by atoms with Crippen LogP contribution in [0, 0.1) is 5.92 Å². The first-order chi connectivity index (χ1) is 21.8. The van der Waals surface area contributed by atoms with E-state index in [1.165, 1.54) is 18.3 Å². The van der Waals surface area contributed by atoms with Crippen molar-refractivity contribution in [2.45, 2.75) is 114 Å².